The molecule has 31 heavy (non-hydrogen) atoms. The molecule has 0 radical (unpaired) electrons. The number of aryl methyl sites for hydroxylation is 1. The number of amides is 2. The molecule has 0 aliphatic carbocycles. The monoisotopic (exact) mass is 424 g/mol. The lowest BCUT2D eigenvalue weighted by atomic mass is 9.87. The number of hydrogen-bond donors (Lipinski definition) is 1. The van der Waals surface area contributed by atoms with Gasteiger partial charge in [-0.25, -0.2) is 0 Å². The average molecular weight is 425 g/mol. The van der Waals surface area contributed by atoms with Crippen molar-refractivity contribution in [3.63, 3.8) is 0 Å². The van der Waals surface area contributed by atoms with E-state index in [0.29, 0.717) is 12.3 Å². The molecule has 2 rings (SSSR count). The fourth-order valence-electron chi connectivity index (χ4n) is 3.24. The number of hydrogen-bond acceptors (Lipinski definition) is 3. The minimum absolute atomic E-state index is 0.00273. The van der Waals surface area contributed by atoms with E-state index < -0.39 is 6.04 Å². The quantitative estimate of drug-likeness (QED) is 0.673. The molecule has 1 atom stereocenters. The van der Waals surface area contributed by atoms with Gasteiger partial charge in [-0.3, -0.25) is 9.59 Å². The molecule has 0 saturated carbocycles. The third-order valence-electron chi connectivity index (χ3n) is 5.28. The Morgan fingerprint density at radius 1 is 1.00 bits per heavy atom. The van der Waals surface area contributed by atoms with Crippen molar-refractivity contribution in [1.29, 1.82) is 0 Å². The molecule has 0 bridgehead atoms. The molecule has 2 aromatic carbocycles. The molecule has 5 heteroatoms. The number of ether oxygens (including phenoxy) is 1. The van der Waals surface area contributed by atoms with Crippen molar-refractivity contribution in [2.24, 2.45) is 0 Å². The van der Waals surface area contributed by atoms with Crippen LogP contribution < -0.4 is 10.1 Å². The van der Waals surface area contributed by atoms with E-state index in [9.17, 15) is 9.59 Å². The van der Waals surface area contributed by atoms with Crippen LogP contribution in [-0.4, -0.2) is 35.4 Å². The second kappa shape index (κ2) is 10.5. The third kappa shape index (κ3) is 7.12. The Bertz CT molecular complexity index is 882. The normalized spacial score (nSPS) is 12.4. The Morgan fingerprint density at radius 2 is 1.61 bits per heavy atom. The SMILES string of the molecule is Cc1ccccc1CN(C(=O)COc1ccc(C(C)(C)C)cc1)[C@@H](C)C(=O)NC(C)C. The molecule has 0 unspecified atom stereocenters. The maximum Gasteiger partial charge on any atom is 0.261 e. The second-order valence-electron chi connectivity index (χ2n) is 9.35. The summed E-state index contributed by atoms with van der Waals surface area (Å²) in [6, 6.07) is 15.1. The summed E-state index contributed by atoms with van der Waals surface area (Å²) in [5, 5.41) is 2.90. The van der Waals surface area contributed by atoms with E-state index >= 15 is 0 Å². The van der Waals surface area contributed by atoms with E-state index in [-0.39, 0.29) is 29.9 Å². The highest BCUT2D eigenvalue weighted by molar-refractivity contribution is 5.88. The Labute approximate surface area is 186 Å². The smallest absolute Gasteiger partial charge is 0.261 e. The van der Waals surface area contributed by atoms with Crippen LogP contribution in [0.3, 0.4) is 0 Å². The summed E-state index contributed by atoms with van der Waals surface area (Å²) in [5.74, 6) is 0.234. The molecule has 2 aromatic rings. The molecule has 0 aliphatic heterocycles. The van der Waals surface area contributed by atoms with Crippen LogP contribution >= 0.6 is 0 Å². The molecular weight excluding hydrogens is 388 g/mol. The van der Waals surface area contributed by atoms with Crippen molar-refractivity contribution in [1.82, 2.24) is 10.2 Å². The van der Waals surface area contributed by atoms with E-state index in [1.54, 1.807) is 11.8 Å². The highest BCUT2D eigenvalue weighted by atomic mass is 16.5. The average Bonchev–Trinajstić information content (AvgIpc) is 2.70. The first-order chi connectivity index (χ1) is 14.5. The van der Waals surface area contributed by atoms with Gasteiger partial charge in [0.15, 0.2) is 6.61 Å². The zero-order valence-electron chi connectivity index (χ0n) is 19.9. The minimum atomic E-state index is -0.610. The van der Waals surface area contributed by atoms with Gasteiger partial charge in [0.25, 0.3) is 5.91 Å². The van der Waals surface area contributed by atoms with Crippen LogP contribution in [0, 0.1) is 6.92 Å². The zero-order valence-corrected chi connectivity index (χ0v) is 19.9. The van der Waals surface area contributed by atoms with Gasteiger partial charge >= 0.3 is 0 Å². The molecule has 0 heterocycles. The third-order valence-corrected chi connectivity index (χ3v) is 5.28. The van der Waals surface area contributed by atoms with E-state index in [2.05, 4.69) is 26.1 Å². The van der Waals surface area contributed by atoms with Crippen molar-refractivity contribution in [3.05, 3.63) is 65.2 Å². The van der Waals surface area contributed by atoms with Crippen LogP contribution in [0.25, 0.3) is 0 Å². The molecule has 168 valence electrons. The van der Waals surface area contributed by atoms with E-state index in [1.807, 2.05) is 69.3 Å². The highest BCUT2D eigenvalue weighted by Crippen LogP contribution is 2.24. The Kier molecular flexibility index (Phi) is 8.26. The summed E-state index contributed by atoms with van der Waals surface area (Å²) in [5.41, 5.74) is 3.34. The molecule has 0 aliphatic rings. The first kappa shape index (κ1) is 24.4. The number of nitrogens with one attached hydrogen (secondary N) is 1. The van der Waals surface area contributed by atoms with Crippen molar-refractivity contribution < 1.29 is 14.3 Å². The van der Waals surface area contributed by atoms with Crippen LogP contribution in [0.2, 0.25) is 0 Å². The van der Waals surface area contributed by atoms with Gasteiger partial charge in [0.1, 0.15) is 11.8 Å². The molecule has 0 fully saturated rings. The molecular formula is C26H36N2O3. The van der Waals surface area contributed by atoms with E-state index in [0.717, 1.165) is 11.1 Å². The van der Waals surface area contributed by atoms with Crippen LogP contribution in [0.5, 0.6) is 5.75 Å². The fraction of sp³-hybridized carbons (Fsp3) is 0.462. The summed E-state index contributed by atoms with van der Waals surface area (Å²) in [6.07, 6.45) is 0. The molecule has 1 N–H and O–H groups in total. The largest absolute Gasteiger partial charge is 0.484 e. The van der Waals surface area contributed by atoms with Crippen molar-refractivity contribution >= 4 is 11.8 Å². The molecule has 0 aromatic heterocycles. The number of benzene rings is 2. The van der Waals surface area contributed by atoms with Gasteiger partial charge in [0.05, 0.1) is 0 Å². The van der Waals surface area contributed by atoms with Crippen LogP contribution in [-0.2, 0) is 21.5 Å². The summed E-state index contributed by atoms with van der Waals surface area (Å²) in [7, 11) is 0. The first-order valence-corrected chi connectivity index (χ1v) is 10.9. The summed E-state index contributed by atoms with van der Waals surface area (Å²) in [4.78, 5) is 27.3. The fourth-order valence-corrected chi connectivity index (χ4v) is 3.24. The van der Waals surface area contributed by atoms with Crippen molar-refractivity contribution in [2.45, 2.75) is 72.5 Å². The minimum Gasteiger partial charge on any atom is -0.484 e. The first-order valence-electron chi connectivity index (χ1n) is 10.9. The second-order valence-corrected chi connectivity index (χ2v) is 9.35. The Balaban J connectivity index is 2.15. The summed E-state index contributed by atoms with van der Waals surface area (Å²) < 4.78 is 5.77. The lowest BCUT2D eigenvalue weighted by Crippen LogP contribution is -2.50. The van der Waals surface area contributed by atoms with Crippen LogP contribution in [0.1, 0.15) is 58.2 Å². The zero-order chi connectivity index (χ0) is 23.2. The number of carbonyl (C=O) groups is 2. The van der Waals surface area contributed by atoms with Gasteiger partial charge in [-0.15, -0.1) is 0 Å². The predicted molar refractivity (Wildman–Crippen MR) is 125 cm³/mol. The molecule has 5 nitrogen and oxygen atoms in total. The number of carbonyl (C=O) groups excluding carboxylic acids is 2. The van der Waals surface area contributed by atoms with Gasteiger partial charge in [0.2, 0.25) is 5.91 Å². The van der Waals surface area contributed by atoms with Gasteiger partial charge in [-0.05, 0) is 61.9 Å². The molecule has 2 amide bonds. The van der Waals surface area contributed by atoms with E-state index in [1.165, 1.54) is 5.56 Å². The maximum atomic E-state index is 13.1. The Hall–Kier alpha value is -2.82. The standard InChI is InChI=1S/C26H36N2O3/c1-18(2)27-25(30)20(4)28(16-21-11-9-8-10-19(21)3)24(29)17-31-23-14-12-22(13-15-23)26(5,6)7/h8-15,18,20H,16-17H2,1-7H3,(H,27,30)/t20-/m0/s1. The Morgan fingerprint density at radius 3 is 2.16 bits per heavy atom. The van der Waals surface area contributed by atoms with Gasteiger partial charge in [-0.1, -0.05) is 57.2 Å². The number of rotatable bonds is 8. The molecule has 0 saturated heterocycles. The van der Waals surface area contributed by atoms with Gasteiger partial charge in [-0.2, -0.15) is 0 Å². The topological polar surface area (TPSA) is 58.6 Å². The summed E-state index contributed by atoms with van der Waals surface area (Å²) in [6.45, 7) is 14.3. The van der Waals surface area contributed by atoms with Crippen molar-refractivity contribution in [2.75, 3.05) is 6.61 Å². The van der Waals surface area contributed by atoms with Gasteiger partial charge < -0.3 is 15.0 Å². The lowest BCUT2D eigenvalue weighted by molar-refractivity contribution is -0.142. The van der Waals surface area contributed by atoms with Crippen LogP contribution in [0.4, 0.5) is 0 Å². The van der Waals surface area contributed by atoms with Gasteiger partial charge in [0, 0.05) is 12.6 Å². The summed E-state index contributed by atoms with van der Waals surface area (Å²) >= 11 is 0. The molecule has 0 spiro atoms. The van der Waals surface area contributed by atoms with E-state index in [4.69, 9.17) is 4.74 Å². The highest BCUT2D eigenvalue weighted by Gasteiger charge is 2.27. The van der Waals surface area contributed by atoms with Crippen LogP contribution in [0.15, 0.2) is 48.5 Å². The predicted octanol–water partition coefficient (Wildman–Crippen LogP) is 4.61. The van der Waals surface area contributed by atoms with Crippen molar-refractivity contribution in [3.8, 4) is 5.75 Å². The maximum absolute atomic E-state index is 13.1. The lowest BCUT2D eigenvalue weighted by Gasteiger charge is -2.29. The number of nitrogens with zero attached hydrogens (tertiary/aromatic N) is 1.